The highest BCUT2D eigenvalue weighted by atomic mass is 16.6. The summed E-state index contributed by atoms with van der Waals surface area (Å²) in [6, 6.07) is 42.5. The summed E-state index contributed by atoms with van der Waals surface area (Å²) in [7, 11) is 0. The number of rotatable bonds is 35. The molecule has 0 aromatic heterocycles. The van der Waals surface area contributed by atoms with Crippen LogP contribution in [0.15, 0.2) is 146 Å². The van der Waals surface area contributed by atoms with Gasteiger partial charge in [-0.25, -0.2) is 9.59 Å². The zero-order chi connectivity index (χ0) is 54.3. The topological polar surface area (TPSA) is 124 Å². The number of hydrogen-bond donors (Lipinski definition) is 0. The summed E-state index contributed by atoms with van der Waals surface area (Å²) in [6.07, 6.45) is 25.6. The van der Waals surface area contributed by atoms with E-state index in [-0.39, 0.29) is 29.4 Å². The molecule has 0 saturated heterocycles. The average molecular weight is 1050 g/mol. The van der Waals surface area contributed by atoms with E-state index in [0.29, 0.717) is 24.3 Å². The zero-order valence-corrected chi connectivity index (χ0v) is 45.8. The molecule has 6 aromatic rings. The smallest absolute Gasteiger partial charge is 0.343 e. The molecule has 1 atom stereocenters. The van der Waals surface area contributed by atoms with Crippen molar-refractivity contribution in [3.63, 3.8) is 0 Å². The maximum Gasteiger partial charge on any atom is 0.343 e. The average Bonchev–Trinajstić information content (AvgIpc) is 3.45. The first-order chi connectivity index (χ1) is 37.7. The monoisotopic (exact) mass is 1040 g/mol. The largest absolute Gasteiger partial charge is 0.494 e. The van der Waals surface area contributed by atoms with Crippen LogP contribution < -0.4 is 28.4 Å². The minimum atomic E-state index is -0.822. The van der Waals surface area contributed by atoms with Gasteiger partial charge in [0.15, 0.2) is 0 Å². The minimum absolute atomic E-state index is 0.223. The summed E-state index contributed by atoms with van der Waals surface area (Å²) < 4.78 is 34.0. The molecule has 408 valence electrons. The van der Waals surface area contributed by atoms with E-state index in [1.807, 2.05) is 72.8 Å². The summed E-state index contributed by atoms with van der Waals surface area (Å²) in [5.74, 6) is -0.462. The van der Waals surface area contributed by atoms with Gasteiger partial charge in [0.1, 0.15) is 34.5 Å². The standard InChI is InChI=1S/C67H80O10/c1-4-6-8-10-12-14-16-18-20-22-48-72-58-36-32-54(33-37-58)52-24-28-56(29-25-52)66(70)76-62-42-40-60(41-43-62)74-64(68)50-51(3)65(69)75-61-44-46-63(47-45-61)77-67(71)57-30-26-53(27-31-57)55-34-38-59(39-35-55)73-49-23-21-19-17-15-13-11-9-7-5-2/h24-47,51H,4-23,48-50H2,1-3H3. The molecule has 0 aliphatic rings. The Kier molecular flexibility index (Phi) is 25.9. The van der Waals surface area contributed by atoms with Crippen LogP contribution in [0.5, 0.6) is 34.5 Å². The van der Waals surface area contributed by atoms with Gasteiger partial charge in [-0.15, -0.1) is 0 Å². The molecule has 0 aliphatic heterocycles. The lowest BCUT2D eigenvalue weighted by Crippen LogP contribution is -2.23. The molecule has 6 rings (SSSR count). The Bertz CT molecular complexity index is 2640. The zero-order valence-electron chi connectivity index (χ0n) is 45.8. The van der Waals surface area contributed by atoms with Crippen LogP contribution in [-0.2, 0) is 9.59 Å². The van der Waals surface area contributed by atoms with Gasteiger partial charge in [0.05, 0.1) is 36.7 Å². The first-order valence-corrected chi connectivity index (χ1v) is 28.4. The van der Waals surface area contributed by atoms with Crippen molar-refractivity contribution in [2.75, 3.05) is 13.2 Å². The number of esters is 4. The van der Waals surface area contributed by atoms with Crippen LogP contribution in [0.4, 0.5) is 0 Å². The van der Waals surface area contributed by atoms with Crippen molar-refractivity contribution < 1.29 is 47.6 Å². The molecule has 6 aromatic carbocycles. The number of carbonyl (C=O) groups excluding carboxylic acids is 4. The molecule has 0 heterocycles. The Hall–Kier alpha value is -7.20. The summed E-state index contributed by atoms with van der Waals surface area (Å²) >= 11 is 0. The van der Waals surface area contributed by atoms with Crippen molar-refractivity contribution in [3.05, 3.63) is 157 Å². The highest BCUT2D eigenvalue weighted by molar-refractivity contribution is 5.92. The van der Waals surface area contributed by atoms with Crippen LogP contribution in [0.2, 0.25) is 0 Å². The molecule has 10 nitrogen and oxygen atoms in total. The van der Waals surface area contributed by atoms with E-state index in [1.165, 1.54) is 164 Å². The lowest BCUT2D eigenvalue weighted by atomic mass is 10.0. The van der Waals surface area contributed by atoms with E-state index < -0.39 is 29.8 Å². The van der Waals surface area contributed by atoms with Gasteiger partial charge in [-0.2, -0.15) is 0 Å². The van der Waals surface area contributed by atoms with Crippen molar-refractivity contribution in [1.29, 1.82) is 0 Å². The molecule has 0 saturated carbocycles. The van der Waals surface area contributed by atoms with Crippen LogP contribution in [0, 0.1) is 5.92 Å². The van der Waals surface area contributed by atoms with E-state index in [4.69, 9.17) is 28.4 Å². The van der Waals surface area contributed by atoms with Crippen molar-refractivity contribution in [3.8, 4) is 56.8 Å². The number of hydrogen-bond acceptors (Lipinski definition) is 10. The predicted octanol–water partition coefficient (Wildman–Crippen LogP) is 17.6. The van der Waals surface area contributed by atoms with Crippen molar-refractivity contribution in [2.45, 2.75) is 156 Å². The Morgan fingerprint density at radius 2 is 0.597 bits per heavy atom. The molecule has 1 unspecified atom stereocenters. The van der Waals surface area contributed by atoms with Gasteiger partial charge in [0.2, 0.25) is 0 Å². The van der Waals surface area contributed by atoms with Crippen LogP contribution >= 0.6 is 0 Å². The fraction of sp³-hybridized carbons (Fsp3) is 0.403. The third kappa shape index (κ3) is 21.8. The quantitative estimate of drug-likeness (QED) is 0.0216. The number of benzene rings is 6. The van der Waals surface area contributed by atoms with Crippen LogP contribution in [0.25, 0.3) is 22.3 Å². The lowest BCUT2D eigenvalue weighted by molar-refractivity contribution is -0.144. The molecular formula is C67H80O10. The molecule has 0 bridgehead atoms. The van der Waals surface area contributed by atoms with E-state index in [9.17, 15) is 19.2 Å². The van der Waals surface area contributed by atoms with E-state index in [2.05, 4.69) is 13.8 Å². The third-order valence-electron chi connectivity index (χ3n) is 13.5. The number of ether oxygens (including phenoxy) is 6. The fourth-order valence-corrected chi connectivity index (χ4v) is 8.85. The van der Waals surface area contributed by atoms with Crippen LogP contribution in [-0.4, -0.2) is 37.1 Å². The number of unbranched alkanes of at least 4 members (excludes halogenated alkanes) is 18. The highest BCUT2D eigenvalue weighted by Gasteiger charge is 2.21. The fourth-order valence-electron chi connectivity index (χ4n) is 8.85. The highest BCUT2D eigenvalue weighted by Crippen LogP contribution is 2.27. The van der Waals surface area contributed by atoms with Gasteiger partial charge in [-0.3, -0.25) is 9.59 Å². The first kappa shape index (κ1) is 59.1. The van der Waals surface area contributed by atoms with E-state index in [1.54, 1.807) is 31.2 Å². The summed E-state index contributed by atoms with van der Waals surface area (Å²) in [6.45, 7) is 7.50. The molecule has 0 spiro atoms. The van der Waals surface area contributed by atoms with Gasteiger partial charge in [0.25, 0.3) is 0 Å². The van der Waals surface area contributed by atoms with Gasteiger partial charge in [-0.1, -0.05) is 185 Å². The molecule has 0 amide bonds. The van der Waals surface area contributed by atoms with Crippen LogP contribution in [0.1, 0.15) is 176 Å². The second-order valence-corrected chi connectivity index (χ2v) is 20.0. The molecule has 0 N–H and O–H groups in total. The molecule has 0 aliphatic carbocycles. The maximum atomic E-state index is 13.0. The second-order valence-electron chi connectivity index (χ2n) is 20.0. The maximum absolute atomic E-state index is 13.0. The van der Waals surface area contributed by atoms with Crippen molar-refractivity contribution in [2.24, 2.45) is 5.92 Å². The van der Waals surface area contributed by atoms with Crippen molar-refractivity contribution >= 4 is 23.9 Å². The second kappa shape index (κ2) is 33.8. The molecule has 0 fully saturated rings. The van der Waals surface area contributed by atoms with Crippen LogP contribution in [0.3, 0.4) is 0 Å². The van der Waals surface area contributed by atoms with Gasteiger partial charge in [0, 0.05) is 0 Å². The summed E-state index contributed by atoms with van der Waals surface area (Å²) in [5.41, 5.74) is 4.71. The summed E-state index contributed by atoms with van der Waals surface area (Å²) in [5, 5.41) is 0. The first-order valence-electron chi connectivity index (χ1n) is 28.4. The molecule has 0 radical (unpaired) electrons. The SMILES string of the molecule is CCCCCCCCCCCCOc1ccc(-c2ccc(C(=O)Oc3ccc(OC(=O)CC(C)C(=O)Oc4ccc(OC(=O)c5ccc(-c6ccc(OCCCCCCCCCCCC)cc6)cc5)cc4)cc3)cc2)cc1. The van der Waals surface area contributed by atoms with Gasteiger partial charge >= 0.3 is 23.9 Å². The molecule has 77 heavy (non-hydrogen) atoms. The normalized spacial score (nSPS) is 11.4. The Labute approximate surface area is 457 Å². The van der Waals surface area contributed by atoms with Gasteiger partial charge in [-0.05, 0) is 132 Å². The minimum Gasteiger partial charge on any atom is -0.494 e. The third-order valence-corrected chi connectivity index (χ3v) is 13.5. The molecule has 10 heteroatoms. The Balaban J connectivity index is 0.836. The summed E-state index contributed by atoms with van der Waals surface area (Å²) in [4.78, 5) is 51.6. The number of carbonyl (C=O) groups is 4. The Morgan fingerprint density at radius 3 is 0.935 bits per heavy atom. The molecular weight excluding hydrogens is 965 g/mol. The Morgan fingerprint density at radius 1 is 0.325 bits per heavy atom. The predicted molar refractivity (Wildman–Crippen MR) is 306 cm³/mol. The van der Waals surface area contributed by atoms with Gasteiger partial charge < -0.3 is 28.4 Å². The lowest BCUT2D eigenvalue weighted by Gasteiger charge is -2.12. The van der Waals surface area contributed by atoms with Crippen molar-refractivity contribution in [1.82, 2.24) is 0 Å². The van der Waals surface area contributed by atoms with E-state index in [0.717, 1.165) is 46.6 Å². The van der Waals surface area contributed by atoms with E-state index >= 15 is 0 Å².